The van der Waals surface area contributed by atoms with Gasteiger partial charge in [-0.3, -0.25) is 4.57 Å². The van der Waals surface area contributed by atoms with Crippen LogP contribution in [0.1, 0.15) is 25.7 Å². The average molecular weight is 465 g/mol. The molecule has 146 valence electrons. The molecule has 0 atom stereocenters. The molecule has 0 radical (unpaired) electrons. The van der Waals surface area contributed by atoms with Crippen LogP contribution >= 0.6 is 27.7 Å². The van der Waals surface area contributed by atoms with Crippen molar-refractivity contribution in [2.75, 3.05) is 0 Å². The van der Waals surface area contributed by atoms with Crippen LogP contribution in [0, 0.1) is 0 Å². The largest absolute Gasteiger partial charge is 0.435 e. The highest BCUT2D eigenvalue weighted by Gasteiger charge is 2.21. The lowest BCUT2D eigenvalue weighted by Crippen LogP contribution is -2.04. The minimum atomic E-state index is -2.83. The topological polar surface area (TPSA) is 27.1 Å². The summed E-state index contributed by atoms with van der Waals surface area (Å²) in [7, 11) is 0. The van der Waals surface area contributed by atoms with Crippen LogP contribution in [0.5, 0.6) is 5.75 Å². The summed E-state index contributed by atoms with van der Waals surface area (Å²) in [5.41, 5.74) is 2.88. The molecule has 0 saturated heterocycles. The number of ether oxygens (including phenoxy) is 1. The lowest BCUT2D eigenvalue weighted by Gasteiger charge is -2.15. The molecule has 3 aromatic rings. The van der Waals surface area contributed by atoms with Gasteiger partial charge in [-0.05, 0) is 49.2 Å². The number of imidazole rings is 1. The molecule has 0 unspecified atom stereocenters. The van der Waals surface area contributed by atoms with Gasteiger partial charge >= 0.3 is 6.61 Å². The van der Waals surface area contributed by atoms with Crippen molar-refractivity contribution in [2.24, 2.45) is 0 Å². The minimum Gasteiger partial charge on any atom is -0.435 e. The van der Waals surface area contributed by atoms with Crippen LogP contribution in [0.3, 0.4) is 0 Å². The maximum Gasteiger partial charge on any atom is 0.387 e. The first-order chi connectivity index (χ1) is 13.6. The molecule has 0 spiro atoms. The third-order valence-electron chi connectivity index (χ3n) is 4.76. The highest BCUT2D eigenvalue weighted by Crippen LogP contribution is 2.37. The zero-order valence-corrected chi connectivity index (χ0v) is 17.4. The van der Waals surface area contributed by atoms with Crippen LogP contribution in [0.4, 0.5) is 8.78 Å². The monoisotopic (exact) mass is 464 g/mol. The first-order valence-corrected chi connectivity index (χ1v) is 10.8. The van der Waals surface area contributed by atoms with E-state index in [1.807, 2.05) is 30.5 Å². The summed E-state index contributed by atoms with van der Waals surface area (Å²) >= 11 is 5.27. The fraction of sp³-hybridized carbons (Fsp3) is 0.286. The highest BCUT2D eigenvalue weighted by atomic mass is 79.9. The van der Waals surface area contributed by atoms with Crippen molar-refractivity contribution in [3.8, 4) is 22.7 Å². The third kappa shape index (κ3) is 4.41. The highest BCUT2D eigenvalue weighted by molar-refractivity contribution is 9.10. The van der Waals surface area contributed by atoms with Crippen LogP contribution in [-0.4, -0.2) is 21.4 Å². The zero-order valence-electron chi connectivity index (χ0n) is 15.0. The van der Waals surface area contributed by atoms with E-state index in [1.165, 1.54) is 25.7 Å². The third-order valence-corrected chi connectivity index (χ3v) is 6.60. The summed E-state index contributed by atoms with van der Waals surface area (Å²) in [4.78, 5) is 4.69. The van der Waals surface area contributed by atoms with Crippen LogP contribution in [0.15, 0.2) is 64.4 Å². The molecule has 1 aliphatic rings. The lowest BCUT2D eigenvalue weighted by molar-refractivity contribution is -0.0498. The molecule has 3 nitrogen and oxygen atoms in total. The average Bonchev–Trinajstić information content (AvgIpc) is 3.33. The Bertz CT molecular complexity index is 923. The van der Waals surface area contributed by atoms with E-state index in [2.05, 4.69) is 30.2 Å². The van der Waals surface area contributed by atoms with E-state index in [0.717, 1.165) is 26.6 Å². The Morgan fingerprint density at radius 2 is 1.71 bits per heavy atom. The van der Waals surface area contributed by atoms with Gasteiger partial charge in [0.1, 0.15) is 5.75 Å². The molecular formula is C21H19BrF2N2OS. The predicted molar refractivity (Wildman–Crippen MR) is 111 cm³/mol. The molecule has 1 heterocycles. The maximum atomic E-state index is 12.5. The van der Waals surface area contributed by atoms with Crippen molar-refractivity contribution in [2.45, 2.75) is 42.7 Å². The summed E-state index contributed by atoms with van der Waals surface area (Å²) in [5, 5.41) is 1.49. The second-order valence-corrected chi connectivity index (χ2v) is 8.85. The molecule has 0 bridgehead atoms. The summed E-state index contributed by atoms with van der Waals surface area (Å²) in [6.45, 7) is -2.83. The molecule has 4 rings (SSSR count). The number of halogens is 3. The Balaban J connectivity index is 1.73. The molecule has 0 N–H and O–H groups in total. The minimum absolute atomic E-state index is 0.147. The summed E-state index contributed by atoms with van der Waals surface area (Å²) in [6, 6.07) is 14.8. The number of hydrogen-bond donors (Lipinski definition) is 0. The Hall–Kier alpha value is -1.86. The maximum absolute atomic E-state index is 12.5. The lowest BCUT2D eigenvalue weighted by atomic mass is 10.1. The number of nitrogens with zero attached hydrogens (tertiary/aromatic N) is 2. The fourth-order valence-corrected chi connectivity index (χ4v) is 4.98. The van der Waals surface area contributed by atoms with Gasteiger partial charge in [-0.25, -0.2) is 4.98 Å². The van der Waals surface area contributed by atoms with E-state index in [4.69, 9.17) is 0 Å². The van der Waals surface area contributed by atoms with Gasteiger partial charge < -0.3 is 4.74 Å². The molecule has 1 aliphatic carbocycles. The molecule has 1 saturated carbocycles. The fourth-order valence-electron chi connectivity index (χ4n) is 3.42. The molecule has 2 aromatic carbocycles. The van der Waals surface area contributed by atoms with Crippen LogP contribution in [0.2, 0.25) is 0 Å². The second-order valence-electron chi connectivity index (χ2n) is 6.67. The normalized spacial score (nSPS) is 14.7. The van der Waals surface area contributed by atoms with E-state index in [1.54, 1.807) is 36.0 Å². The number of thioether (sulfide) groups is 1. The first-order valence-electron chi connectivity index (χ1n) is 9.16. The van der Waals surface area contributed by atoms with Crippen LogP contribution in [0.25, 0.3) is 16.9 Å². The van der Waals surface area contributed by atoms with Crippen molar-refractivity contribution in [1.82, 2.24) is 9.55 Å². The van der Waals surface area contributed by atoms with Gasteiger partial charge in [-0.1, -0.05) is 52.7 Å². The predicted octanol–water partition coefficient (Wildman–Crippen LogP) is 6.94. The molecule has 28 heavy (non-hydrogen) atoms. The van der Waals surface area contributed by atoms with E-state index in [9.17, 15) is 8.78 Å². The summed E-state index contributed by atoms with van der Waals surface area (Å²) < 4.78 is 32.5. The number of benzene rings is 2. The van der Waals surface area contributed by atoms with Gasteiger partial charge in [-0.2, -0.15) is 8.78 Å². The van der Waals surface area contributed by atoms with Crippen LogP contribution < -0.4 is 4.74 Å². The van der Waals surface area contributed by atoms with Crippen molar-refractivity contribution >= 4 is 27.7 Å². The standard InChI is InChI=1S/C21H19BrF2N2OS/c22-15-7-5-14(6-8-15)19-13-25-21(28-18-3-1-2-4-18)26(19)16-9-11-17(12-10-16)27-20(23)24/h5-13,18,20H,1-4H2. The van der Waals surface area contributed by atoms with Gasteiger partial charge in [0.25, 0.3) is 0 Å². The SMILES string of the molecule is FC(F)Oc1ccc(-n2c(-c3ccc(Br)cc3)cnc2SC2CCCC2)cc1. The van der Waals surface area contributed by atoms with Gasteiger partial charge in [0.15, 0.2) is 5.16 Å². The number of alkyl halides is 2. The van der Waals surface area contributed by atoms with E-state index in [0.29, 0.717) is 5.25 Å². The molecule has 0 aliphatic heterocycles. The van der Waals surface area contributed by atoms with Crippen LogP contribution in [-0.2, 0) is 0 Å². The quantitative estimate of drug-likeness (QED) is 0.395. The Morgan fingerprint density at radius 3 is 2.36 bits per heavy atom. The van der Waals surface area contributed by atoms with Crippen molar-refractivity contribution in [1.29, 1.82) is 0 Å². The molecule has 1 fully saturated rings. The Labute approximate surface area is 175 Å². The summed E-state index contributed by atoms with van der Waals surface area (Å²) in [6.07, 6.45) is 6.80. The molecule has 0 amide bonds. The van der Waals surface area contributed by atoms with E-state index >= 15 is 0 Å². The molecular weight excluding hydrogens is 446 g/mol. The van der Waals surface area contributed by atoms with E-state index < -0.39 is 6.61 Å². The van der Waals surface area contributed by atoms with E-state index in [-0.39, 0.29) is 5.75 Å². The Morgan fingerprint density at radius 1 is 1.04 bits per heavy atom. The number of hydrogen-bond acceptors (Lipinski definition) is 3. The van der Waals surface area contributed by atoms with Crippen molar-refractivity contribution in [3.63, 3.8) is 0 Å². The van der Waals surface area contributed by atoms with Gasteiger partial charge in [-0.15, -0.1) is 0 Å². The smallest absolute Gasteiger partial charge is 0.387 e. The van der Waals surface area contributed by atoms with Crippen molar-refractivity contribution < 1.29 is 13.5 Å². The van der Waals surface area contributed by atoms with Gasteiger partial charge in [0, 0.05) is 21.0 Å². The number of aromatic nitrogens is 2. The summed E-state index contributed by atoms with van der Waals surface area (Å²) in [5.74, 6) is 0.147. The molecule has 7 heteroatoms. The van der Waals surface area contributed by atoms with Gasteiger partial charge in [0.2, 0.25) is 0 Å². The number of rotatable bonds is 6. The van der Waals surface area contributed by atoms with Gasteiger partial charge in [0.05, 0.1) is 11.9 Å². The zero-order chi connectivity index (χ0) is 19.5. The first kappa shape index (κ1) is 19.5. The second kappa shape index (κ2) is 8.66. The molecule has 1 aromatic heterocycles. The Kier molecular flexibility index (Phi) is 6.01. The van der Waals surface area contributed by atoms with Crippen molar-refractivity contribution in [3.05, 3.63) is 59.2 Å².